The van der Waals surface area contributed by atoms with Crippen LogP contribution in [0.15, 0.2) is 76.8 Å². The van der Waals surface area contributed by atoms with Crippen molar-refractivity contribution in [3.05, 3.63) is 93.7 Å². The van der Waals surface area contributed by atoms with Crippen molar-refractivity contribution in [2.75, 3.05) is 19.0 Å². The molecule has 0 aliphatic rings. The third kappa shape index (κ3) is 7.17. The summed E-state index contributed by atoms with van der Waals surface area (Å²) in [6, 6.07) is 19.6. The number of ether oxygens (including phenoxy) is 2. The largest absolute Gasteiger partial charge is 0.493 e. The molecule has 0 fully saturated rings. The number of nitriles is 1. The second-order valence-electron chi connectivity index (χ2n) is 7.65. The smallest absolute Gasteiger partial charge is 0.262 e. The number of anilines is 1. The van der Waals surface area contributed by atoms with E-state index in [2.05, 4.69) is 26.6 Å². The summed E-state index contributed by atoms with van der Waals surface area (Å²) in [4.78, 5) is 24.9. The molecule has 3 rings (SSSR count). The number of benzene rings is 3. The molecule has 0 saturated carbocycles. The minimum absolute atomic E-state index is 0.0842. The average molecular weight is 552 g/mol. The van der Waals surface area contributed by atoms with E-state index in [1.807, 2.05) is 43.3 Å². The zero-order valence-electron chi connectivity index (χ0n) is 19.5. The lowest BCUT2D eigenvalue weighted by molar-refractivity contribution is -0.118. The first-order valence-corrected chi connectivity index (χ1v) is 11.6. The quantitative estimate of drug-likeness (QED) is 0.274. The lowest BCUT2D eigenvalue weighted by Gasteiger charge is -2.15. The van der Waals surface area contributed by atoms with Crippen LogP contribution in [0.5, 0.6) is 11.5 Å². The Morgan fingerprint density at radius 1 is 1.14 bits per heavy atom. The van der Waals surface area contributed by atoms with Gasteiger partial charge in [-0.2, -0.15) is 5.26 Å². The lowest BCUT2D eigenvalue weighted by Crippen LogP contribution is -2.27. The van der Waals surface area contributed by atoms with Gasteiger partial charge in [-0.15, -0.1) is 0 Å². The molecule has 2 amide bonds. The van der Waals surface area contributed by atoms with Gasteiger partial charge in [0, 0.05) is 5.69 Å². The molecule has 0 spiro atoms. The molecule has 184 valence electrons. The maximum absolute atomic E-state index is 13.0. The Morgan fingerprint density at radius 3 is 2.47 bits per heavy atom. The average Bonchev–Trinajstić information content (AvgIpc) is 2.88. The molecule has 0 saturated heterocycles. The first-order valence-electron chi connectivity index (χ1n) is 10.8. The highest BCUT2D eigenvalue weighted by Crippen LogP contribution is 2.37. The van der Waals surface area contributed by atoms with Crippen LogP contribution in [-0.4, -0.2) is 25.5 Å². The molecule has 36 heavy (non-hydrogen) atoms. The molecule has 2 N–H and O–H groups in total. The summed E-state index contributed by atoms with van der Waals surface area (Å²) in [6.07, 6.45) is 1.44. The highest BCUT2D eigenvalue weighted by Gasteiger charge is 2.17. The number of methoxy groups -OCH3 is 1. The van der Waals surface area contributed by atoms with E-state index in [4.69, 9.17) is 9.47 Å². The zero-order valence-corrected chi connectivity index (χ0v) is 21.1. The monoisotopic (exact) mass is 551 g/mol. The molecule has 0 aliphatic heterocycles. The first kappa shape index (κ1) is 26.4. The predicted molar refractivity (Wildman–Crippen MR) is 138 cm³/mol. The van der Waals surface area contributed by atoms with Crippen LogP contribution in [0, 0.1) is 17.1 Å². The molecule has 3 aromatic carbocycles. The second kappa shape index (κ2) is 12.5. The second-order valence-corrected chi connectivity index (χ2v) is 8.51. The molecular formula is C27H23BrFN3O4. The summed E-state index contributed by atoms with van der Waals surface area (Å²) in [7, 11) is 1.43. The van der Waals surface area contributed by atoms with E-state index in [1.165, 1.54) is 37.5 Å². The van der Waals surface area contributed by atoms with Gasteiger partial charge >= 0.3 is 0 Å². The Bertz CT molecular complexity index is 1310. The van der Waals surface area contributed by atoms with Gasteiger partial charge in [0.05, 0.1) is 17.6 Å². The minimum Gasteiger partial charge on any atom is -0.493 e. The first-order chi connectivity index (χ1) is 17.3. The van der Waals surface area contributed by atoms with Gasteiger partial charge < -0.3 is 20.1 Å². The van der Waals surface area contributed by atoms with Crippen molar-refractivity contribution in [2.45, 2.75) is 13.0 Å². The van der Waals surface area contributed by atoms with Crippen molar-refractivity contribution in [3.63, 3.8) is 0 Å². The predicted octanol–water partition coefficient (Wildman–Crippen LogP) is 5.40. The molecule has 0 bridgehead atoms. The van der Waals surface area contributed by atoms with Crippen LogP contribution < -0.4 is 20.1 Å². The van der Waals surface area contributed by atoms with E-state index in [-0.39, 0.29) is 24.0 Å². The number of carbonyl (C=O) groups excluding carboxylic acids is 2. The van der Waals surface area contributed by atoms with Gasteiger partial charge in [-0.1, -0.05) is 30.3 Å². The van der Waals surface area contributed by atoms with Crippen LogP contribution in [0.2, 0.25) is 0 Å². The molecule has 1 atom stereocenters. The molecule has 0 aromatic heterocycles. The van der Waals surface area contributed by atoms with Crippen molar-refractivity contribution >= 4 is 39.5 Å². The number of hydrogen-bond acceptors (Lipinski definition) is 5. The van der Waals surface area contributed by atoms with Gasteiger partial charge in [0.1, 0.15) is 17.5 Å². The number of amides is 2. The summed E-state index contributed by atoms with van der Waals surface area (Å²) in [5.74, 6) is -0.808. The van der Waals surface area contributed by atoms with Crippen LogP contribution in [0.3, 0.4) is 0 Å². The van der Waals surface area contributed by atoms with E-state index < -0.39 is 17.6 Å². The SMILES string of the molecule is COc1cc(/C=C(/C#N)C(=O)N[C@H](C)c2ccccc2)cc(Br)c1OCC(=O)Nc1ccc(F)cc1. The van der Waals surface area contributed by atoms with Gasteiger partial charge in [0.25, 0.3) is 11.8 Å². The molecule has 7 nitrogen and oxygen atoms in total. The number of halogens is 2. The normalized spacial score (nSPS) is 11.7. The fourth-order valence-electron chi connectivity index (χ4n) is 3.25. The van der Waals surface area contributed by atoms with Crippen LogP contribution >= 0.6 is 15.9 Å². The molecule has 0 unspecified atom stereocenters. The zero-order chi connectivity index (χ0) is 26.1. The number of rotatable bonds is 9. The van der Waals surface area contributed by atoms with E-state index >= 15 is 0 Å². The molecule has 3 aromatic rings. The van der Waals surface area contributed by atoms with Gasteiger partial charge in [-0.3, -0.25) is 9.59 Å². The van der Waals surface area contributed by atoms with Gasteiger partial charge in [0.15, 0.2) is 18.1 Å². The van der Waals surface area contributed by atoms with Crippen molar-refractivity contribution in [3.8, 4) is 17.6 Å². The maximum Gasteiger partial charge on any atom is 0.262 e. The number of nitrogens with zero attached hydrogens (tertiary/aromatic N) is 1. The van der Waals surface area contributed by atoms with Crippen LogP contribution in [0.1, 0.15) is 24.1 Å². The van der Waals surface area contributed by atoms with Gasteiger partial charge in [-0.05, 0) is 76.5 Å². The topological polar surface area (TPSA) is 100 Å². The van der Waals surface area contributed by atoms with Crippen molar-refractivity contribution in [1.82, 2.24) is 5.32 Å². The number of carbonyl (C=O) groups is 2. The summed E-state index contributed by atoms with van der Waals surface area (Å²) in [6.45, 7) is 1.50. The van der Waals surface area contributed by atoms with Gasteiger partial charge in [-0.25, -0.2) is 4.39 Å². The van der Waals surface area contributed by atoms with E-state index in [9.17, 15) is 19.2 Å². The van der Waals surface area contributed by atoms with Crippen LogP contribution in [-0.2, 0) is 9.59 Å². The fraction of sp³-hybridized carbons (Fsp3) is 0.148. The Labute approximate surface area is 216 Å². The highest BCUT2D eigenvalue weighted by molar-refractivity contribution is 9.10. The van der Waals surface area contributed by atoms with E-state index in [0.29, 0.717) is 21.5 Å². The maximum atomic E-state index is 13.0. The van der Waals surface area contributed by atoms with Crippen molar-refractivity contribution < 1.29 is 23.5 Å². The van der Waals surface area contributed by atoms with Crippen molar-refractivity contribution in [2.24, 2.45) is 0 Å². The Morgan fingerprint density at radius 2 is 1.83 bits per heavy atom. The lowest BCUT2D eigenvalue weighted by atomic mass is 10.1. The standard InChI is InChI=1S/C27H23BrFN3O4/c1-17(19-6-4-3-5-7-19)31-27(34)20(15-30)12-18-13-23(28)26(24(14-18)35-2)36-16-25(33)32-22-10-8-21(29)9-11-22/h3-14,17H,16H2,1-2H3,(H,31,34)(H,32,33)/b20-12-/t17-/m1/s1. The molecule has 0 aliphatic carbocycles. The van der Waals surface area contributed by atoms with Crippen LogP contribution in [0.25, 0.3) is 6.08 Å². The summed E-state index contributed by atoms with van der Waals surface area (Å²) >= 11 is 3.39. The van der Waals surface area contributed by atoms with Crippen LogP contribution in [0.4, 0.5) is 10.1 Å². The molecule has 0 radical (unpaired) electrons. The summed E-state index contributed by atoms with van der Waals surface area (Å²) in [5.41, 5.74) is 1.78. The summed E-state index contributed by atoms with van der Waals surface area (Å²) < 4.78 is 24.5. The molecule has 9 heteroatoms. The number of nitrogens with one attached hydrogen (secondary N) is 2. The third-order valence-corrected chi connectivity index (χ3v) is 5.64. The minimum atomic E-state index is -0.512. The number of hydrogen-bond donors (Lipinski definition) is 2. The Balaban J connectivity index is 1.71. The van der Waals surface area contributed by atoms with Crippen molar-refractivity contribution in [1.29, 1.82) is 5.26 Å². The molecular weight excluding hydrogens is 529 g/mol. The Kier molecular flexibility index (Phi) is 9.19. The van der Waals surface area contributed by atoms with E-state index in [0.717, 1.165) is 5.56 Å². The van der Waals surface area contributed by atoms with E-state index in [1.54, 1.807) is 12.1 Å². The summed E-state index contributed by atoms with van der Waals surface area (Å²) in [5, 5.41) is 15.0. The Hall–Kier alpha value is -4.16. The highest BCUT2D eigenvalue weighted by atomic mass is 79.9. The fourth-order valence-corrected chi connectivity index (χ4v) is 3.82. The third-order valence-electron chi connectivity index (χ3n) is 5.05. The molecule has 0 heterocycles. The van der Waals surface area contributed by atoms with Gasteiger partial charge in [0.2, 0.25) is 0 Å².